The van der Waals surface area contributed by atoms with E-state index in [0.29, 0.717) is 30.3 Å². The molecule has 0 amide bonds. The molecule has 0 spiro atoms. The van der Waals surface area contributed by atoms with Gasteiger partial charge in [0.1, 0.15) is 6.61 Å². The molecule has 5 rings (SSSR count). The number of hydrogen-bond donors (Lipinski definition) is 0. The smallest absolute Gasteiger partial charge is 0.175 e. The molecule has 4 heteroatoms. The number of ether oxygens (including phenoxy) is 2. The lowest BCUT2D eigenvalue weighted by Gasteiger charge is -2.16. The molecule has 0 unspecified atom stereocenters. The fourth-order valence-corrected chi connectivity index (χ4v) is 5.01. The van der Waals surface area contributed by atoms with Crippen molar-refractivity contribution in [2.24, 2.45) is 0 Å². The number of allylic oxidation sites excluding steroid dienone is 1. The van der Waals surface area contributed by atoms with Gasteiger partial charge in [-0.15, -0.1) is 0 Å². The summed E-state index contributed by atoms with van der Waals surface area (Å²) in [4.78, 5) is 0. The van der Waals surface area contributed by atoms with Crippen molar-refractivity contribution in [3.63, 3.8) is 0 Å². The van der Waals surface area contributed by atoms with Crippen molar-refractivity contribution < 1.29 is 9.47 Å². The molecule has 0 aliphatic heterocycles. The Hall–Kier alpha value is -4.07. The van der Waals surface area contributed by atoms with Crippen LogP contribution in [0.5, 0.6) is 11.5 Å². The van der Waals surface area contributed by atoms with Crippen molar-refractivity contribution >= 4 is 49.1 Å². The molecule has 3 nitrogen and oxygen atoms in total. The van der Waals surface area contributed by atoms with Crippen molar-refractivity contribution in [2.75, 3.05) is 6.61 Å². The Bertz CT molecular complexity index is 1620. The fraction of sp³-hybridized carbons (Fsp3) is 0.0938. The molecule has 0 saturated heterocycles. The summed E-state index contributed by atoms with van der Waals surface area (Å²) >= 11 is 3.68. The van der Waals surface area contributed by atoms with Crippen LogP contribution >= 0.6 is 15.9 Å². The van der Waals surface area contributed by atoms with E-state index in [4.69, 9.17) is 9.47 Å². The minimum absolute atomic E-state index is 0.411. The van der Waals surface area contributed by atoms with E-state index in [-0.39, 0.29) is 0 Å². The average Bonchev–Trinajstić information content (AvgIpc) is 2.91. The molecule has 0 fully saturated rings. The van der Waals surface area contributed by atoms with Crippen LogP contribution in [0.4, 0.5) is 0 Å². The summed E-state index contributed by atoms with van der Waals surface area (Å²) in [6, 6.07) is 34.9. The number of nitriles is 1. The molecule has 0 saturated carbocycles. The van der Waals surface area contributed by atoms with E-state index in [1.165, 1.54) is 10.8 Å². The highest BCUT2D eigenvalue weighted by Crippen LogP contribution is 2.39. The topological polar surface area (TPSA) is 42.2 Å². The average molecular weight is 534 g/mol. The van der Waals surface area contributed by atoms with Gasteiger partial charge in [-0.05, 0) is 73.7 Å². The van der Waals surface area contributed by atoms with Crippen molar-refractivity contribution in [1.82, 2.24) is 0 Å². The van der Waals surface area contributed by atoms with Gasteiger partial charge in [0.2, 0.25) is 0 Å². The summed E-state index contributed by atoms with van der Waals surface area (Å²) in [5.41, 5.74) is 3.45. The van der Waals surface area contributed by atoms with Crippen LogP contribution in [0.2, 0.25) is 0 Å². The largest absolute Gasteiger partial charge is 0.490 e. The van der Waals surface area contributed by atoms with Crippen LogP contribution in [0.25, 0.3) is 33.2 Å². The summed E-state index contributed by atoms with van der Waals surface area (Å²) in [5, 5.41) is 14.5. The third-order valence-electron chi connectivity index (χ3n) is 6.09. The Kier molecular flexibility index (Phi) is 7.02. The molecule has 0 atom stereocenters. The number of halogens is 1. The van der Waals surface area contributed by atoms with Crippen molar-refractivity contribution in [3.8, 4) is 17.6 Å². The van der Waals surface area contributed by atoms with E-state index in [9.17, 15) is 5.26 Å². The number of rotatable bonds is 7. The lowest BCUT2D eigenvalue weighted by atomic mass is 9.97. The van der Waals surface area contributed by atoms with Crippen LogP contribution in [0.1, 0.15) is 23.6 Å². The number of fused-ring (bicyclic) bond motifs is 2. The monoisotopic (exact) mass is 533 g/mol. The van der Waals surface area contributed by atoms with Crippen molar-refractivity contribution in [1.29, 1.82) is 5.26 Å². The molecular formula is C32H24BrNO2. The van der Waals surface area contributed by atoms with Gasteiger partial charge in [-0.1, -0.05) is 84.9 Å². The zero-order chi connectivity index (χ0) is 24.9. The first-order chi connectivity index (χ1) is 17.7. The van der Waals surface area contributed by atoms with Gasteiger partial charge in [0.15, 0.2) is 11.5 Å². The van der Waals surface area contributed by atoms with Gasteiger partial charge < -0.3 is 9.47 Å². The molecule has 0 aromatic heterocycles. The van der Waals surface area contributed by atoms with Crippen LogP contribution in [-0.4, -0.2) is 6.61 Å². The van der Waals surface area contributed by atoms with Gasteiger partial charge >= 0.3 is 0 Å². The van der Waals surface area contributed by atoms with E-state index >= 15 is 0 Å². The van der Waals surface area contributed by atoms with Gasteiger partial charge in [-0.2, -0.15) is 5.26 Å². The second-order valence-corrected chi connectivity index (χ2v) is 9.24. The van der Waals surface area contributed by atoms with E-state index in [1.54, 1.807) is 0 Å². The van der Waals surface area contributed by atoms with Gasteiger partial charge in [-0.3, -0.25) is 0 Å². The SMILES string of the molecule is CCOc1cc(/C=C(/C#N)c2cccc3ccccc23)cc(Br)c1OCc1cccc2ccccc12. The fourth-order valence-electron chi connectivity index (χ4n) is 4.44. The predicted octanol–water partition coefficient (Wildman–Crippen LogP) is 8.80. The highest BCUT2D eigenvalue weighted by molar-refractivity contribution is 9.10. The van der Waals surface area contributed by atoms with Gasteiger partial charge in [0, 0.05) is 5.56 Å². The van der Waals surface area contributed by atoms with Crippen LogP contribution in [-0.2, 0) is 6.61 Å². The van der Waals surface area contributed by atoms with E-state index in [1.807, 2.05) is 73.7 Å². The summed E-state index contributed by atoms with van der Waals surface area (Å²) in [7, 11) is 0. The van der Waals surface area contributed by atoms with E-state index < -0.39 is 0 Å². The summed E-state index contributed by atoms with van der Waals surface area (Å²) in [6.07, 6.45) is 1.89. The highest BCUT2D eigenvalue weighted by Gasteiger charge is 2.14. The lowest BCUT2D eigenvalue weighted by Crippen LogP contribution is -2.01. The normalized spacial score (nSPS) is 11.4. The molecule has 0 N–H and O–H groups in total. The van der Waals surface area contributed by atoms with Crippen LogP contribution in [0, 0.1) is 11.3 Å². The molecule has 0 aliphatic rings. The number of benzene rings is 5. The maximum absolute atomic E-state index is 10.0. The van der Waals surface area contributed by atoms with E-state index in [0.717, 1.165) is 31.9 Å². The lowest BCUT2D eigenvalue weighted by molar-refractivity contribution is 0.268. The third kappa shape index (κ3) is 4.84. The zero-order valence-electron chi connectivity index (χ0n) is 19.9. The Labute approximate surface area is 219 Å². The standard InChI is InChI=1S/C32H24BrNO2/c1-2-35-31-19-22(17-26(20-34)29-16-8-12-24-10-4-6-15-28(24)29)18-30(33)32(31)36-21-25-13-7-11-23-9-3-5-14-27(23)25/h3-19H,2,21H2,1H3/b26-17-. The van der Waals surface area contributed by atoms with Gasteiger partial charge in [0.05, 0.1) is 22.7 Å². The molecule has 176 valence electrons. The number of nitrogens with zero attached hydrogens (tertiary/aromatic N) is 1. The summed E-state index contributed by atoms with van der Waals surface area (Å²) in [5.74, 6) is 1.28. The third-order valence-corrected chi connectivity index (χ3v) is 6.68. The molecule has 0 radical (unpaired) electrons. The molecule has 5 aromatic carbocycles. The molecule has 0 bridgehead atoms. The van der Waals surface area contributed by atoms with Crippen molar-refractivity contribution in [2.45, 2.75) is 13.5 Å². The maximum atomic E-state index is 10.0. The summed E-state index contributed by atoms with van der Waals surface area (Å²) < 4.78 is 13.0. The highest BCUT2D eigenvalue weighted by atomic mass is 79.9. The quantitative estimate of drug-likeness (QED) is 0.155. The van der Waals surface area contributed by atoms with Crippen molar-refractivity contribution in [3.05, 3.63) is 118 Å². The predicted molar refractivity (Wildman–Crippen MR) is 151 cm³/mol. The minimum Gasteiger partial charge on any atom is -0.490 e. The molecule has 5 aromatic rings. The van der Waals surface area contributed by atoms with Crippen LogP contribution in [0.3, 0.4) is 0 Å². The summed E-state index contributed by atoms with van der Waals surface area (Å²) in [6.45, 7) is 2.86. The molecular weight excluding hydrogens is 510 g/mol. The van der Waals surface area contributed by atoms with Crippen LogP contribution < -0.4 is 9.47 Å². The Morgan fingerprint density at radius 2 is 1.50 bits per heavy atom. The first-order valence-electron chi connectivity index (χ1n) is 11.8. The zero-order valence-corrected chi connectivity index (χ0v) is 21.5. The van der Waals surface area contributed by atoms with Crippen LogP contribution in [0.15, 0.2) is 102 Å². The second-order valence-electron chi connectivity index (χ2n) is 8.39. The Balaban J connectivity index is 1.50. The molecule has 36 heavy (non-hydrogen) atoms. The molecule has 0 aliphatic carbocycles. The number of hydrogen-bond acceptors (Lipinski definition) is 3. The minimum atomic E-state index is 0.411. The first-order valence-corrected chi connectivity index (χ1v) is 12.6. The maximum Gasteiger partial charge on any atom is 0.175 e. The first kappa shape index (κ1) is 23.7. The molecule has 0 heterocycles. The Morgan fingerprint density at radius 1 is 0.833 bits per heavy atom. The van der Waals surface area contributed by atoms with Gasteiger partial charge in [-0.25, -0.2) is 0 Å². The van der Waals surface area contributed by atoms with Gasteiger partial charge in [0.25, 0.3) is 0 Å². The second kappa shape index (κ2) is 10.7. The Morgan fingerprint density at radius 3 is 2.25 bits per heavy atom. The van der Waals surface area contributed by atoms with E-state index in [2.05, 4.69) is 58.4 Å².